The molecule has 1 aliphatic carbocycles. The van der Waals surface area contributed by atoms with Crippen LogP contribution in [0.3, 0.4) is 0 Å². The highest BCUT2D eigenvalue weighted by molar-refractivity contribution is 5.62. The molecule has 2 aromatic rings. The van der Waals surface area contributed by atoms with Crippen LogP contribution in [0.2, 0.25) is 0 Å². The molecule has 1 aromatic heterocycles. The van der Waals surface area contributed by atoms with E-state index in [1.165, 1.54) is 36.9 Å². The number of hydrogen-bond acceptors (Lipinski definition) is 2. The van der Waals surface area contributed by atoms with Crippen molar-refractivity contribution in [1.82, 2.24) is 10.2 Å². The van der Waals surface area contributed by atoms with Crippen molar-refractivity contribution in [2.24, 2.45) is 5.41 Å². The summed E-state index contributed by atoms with van der Waals surface area (Å²) in [5, 5.41) is 10.7. The number of nitrogens with one attached hydrogen (secondary N) is 2. The maximum Gasteiger partial charge on any atom is 0.0650 e. The van der Waals surface area contributed by atoms with E-state index in [0.717, 1.165) is 5.69 Å². The first-order valence-electron chi connectivity index (χ1n) is 7.51. The van der Waals surface area contributed by atoms with Gasteiger partial charge >= 0.3 is 0 Å². The van der Waals surface area contributed by atoms with Crippen LogP contribution in [0.5, 0.6) is 0 Å². The van der Waals surface area contributed by atoms with Crippen molar-refractivity contribution in [3.05, 3.63) is 36.5 Å². The van der Waals surface area contributed by atoms with E-state index in [-0.39, 0.29) is 0 Å². The third-order valence-electron chi connectivity index (χ3n) is 4.54. The molecule has 3 nitrogen and oxygen atoms in total. The van der Waals surface area contributed by atoms with E-state index < -0.39 is 0 Å². The fourth-order valence-electron chi connectivity index (χ4n) is 3.13. The van der Waals surface area contributed by atoms with Gasteiger partial charge in [-0.05, 0) is 42.0 Å². The molecule has 3 heteroatoms. The maximum atomic E-state index is 3.99. The van der Waals surface area contributed by atoms with Crippen molar-refractivity contribution in [2.75, 3.05) is 5.32 Å². The monoisotopic (exact) mass is 269 g/mol. The molecule has 1 aromatic carbocycles. The minimum absolute atomic E-state index is 0.389. The van der Waals surface area contributed by atoms with Crippen molar-refractivity contribution in [1.29, 1.82) is 0 Å². The Morgan fingerprint density at radius 3 is 2.60 bits per heavy atom. The zero-order chi connectivity index (χ0) is 14.0. The van der Waals surface area contributed by atoms with E-state index >= 15 is 0 Å². The molecule has 0 amide bonds. The zero-order valence-corrected chi connectivity index (χ0v) is 12.3. The molecule has 0 radical (unpaired) electrons. The summed E-state index contributed by atoms with van der Waals surface area (Å²) in [5.74, 6) is 0. The van der Waals surface area contributed by atoms with Crippen LogP contribution >= 0.6 is 0 Å². The number of aromatic amines is 1. The van der Waals surface area contributed by atoms with E-state index in [1.807, 2.05) is 6.07 Å². The quantitative estimate of drug-likeness (QED) is 0.863. The Hall–Kier alpha value is -1.77. The highest BCUT2D eigenvalue weighted by Gasteiger charge is 2.31. The predicted molar refractivity (Wildman–Crippen MR) is 83.7 cm³/mol. The summed E-state index contributed by atoms with van der Waals surface area (Å²) in [6.07, 6.45) is 7.08. The van der Waals surface area contributed by atoms with Gasteiger partial charge in [0, 0.05) is 17.9 Å². The summed E-state index contributed by atoms with van der Waals surface area (Å²) in [7, 11) is 0. The minimum Gasteiger partial charge on any atom is -0.382 e. The van der Waals surface area contributed by atoms with Crippen LogP contribution in [0.4, 0.5) is 5.69 Å². The standard InChI is InChI=1S/C17H23N3/c1-17(2)11-4-3-5-16(17)19-14-8-6-13(7-9-14)15-10-12-18-20-15/h6-10,12,16,19H,3-5,11H2,1-2H3,(H,18,20). The molecule has 0 saturated heterocycles. The van der Waals surface area contributed by atoms with Gasteiger partial charge in [-0.25, -0.2) is 0 Å². The lowest BCUT2D eigenvalue weighted by Crippen LogP contribution is -2.38. The van der Waals surface area contributed by atoms with Crippen LogP contribution in [0.15, 0.2) is 36.5 Å². The molecule has 0 bridgehead atoms. The molecule has 0 aliphatic heterocycles. The first kappa shape index (κ1) is 13.2. The van der Waals surface area contributed by atoms with E-state index in [4.69, 9.17) is 0 Å². The Morgan fingerprint density at radius 2 is 1.95 bits per heavy atom. The van der Waals surface area contributed by atoms with Gasteiger partial charge in [-0.15, -0.1) is 0 Å². The molecule has 1 heterocycles. The summed E-state index contributed by atoms with van der Waals surface area (Å²) < 4.78 is 0. The predicted octanol–water partition coefficient (Wildman–Crippen LogP) is 4.46. The van der Waals surface area contributed by atoms with E-state index in [9.17, 15) is 0 Å². The van der Waals surface area contributed by atoms with Crippen molar-refractivity contribution in [3.8, 4) is 11.3 Å². The van der Waals surface area contributed by atoms with Crippen molar-refractivity contribution in [3.63, 3.8) is 0 Å². The van der Waals surface area contributed by atoms with E-state index in [1.54, 1.807) is 6.20 Å². The third-order valence-corrected chi connectivity index (χ3v) is 4.54. The molecule has 1 atom stereocenters. The van der Waals surface area contributed by atoms with Crippen LogP contribution in [-0.4, -0.2) is 16.2 Å². The van der Waals surface area contributed by atoms with Crippen LogP contribution in [-0.2, 0) is 0 Å². The largest absolute Gasteiger partial charge is 0.382 e. The second kappa shape index (κ2) is 5.31. The Balaban J connectivity index is 1.72. The third kappa shape index (κ3) is 2.72. The Bertz CT molecular complexity index is 540. The number of H-pyrrole nitrogens is 1. The van der Waals surface area contributed by atoms with Gasteiger partial charge in [-0.1, -0.05) is 38.8 Å². The number of aromatic nitrogens is 2. The normalized spacial score (nSPS) is 21.6. The lowest BCUT2D eigenvalue weighted by Gasteiger charge is -2.39. The SMILES string of the molecule is CC1(C)CCCCC1Nc1ccc(-c2ccn[nH]2)cc1. The van der Waals surface area contributed by atoms with Gasteiger partial charge in [0.15, 0.2) is 0 Å². The zero-order valence-electron chi connectivity index (χ0n) is 12.3. The first-order chi connectivity index (χ1) is 9.65. The molecule has 1 aliphatic rings. The topological polar surface area (TPSA) is 40.7 Å². The second-order valence-corrected chi connectivity index (χ2v) is 6.48. The summed E-state index contributed by atoms with van der Waals surface area (Å²) in [5.41, 5.74) is 3.85. The van der Waals surface area contributed by atoms with Crippen LogP contribution in [0, 0.1) is 5.41 Å². The van der Waals surface area contributed by atoms with Crippen molar-refractivity contribution < 1.29 is 0 Å². The molecule has 3 rings (SSSR count). The van der Waals surface area contributed by atoms with Gasteiger partial charge in [-0.3, -0.25) is 5.10 Å². The molecular formula is C17H23N3. The molecule has 2 N–H and O–H groups in total. The van der Waals surface area contributed by atoms with Gasteiger partial charge < -0.3 is 5.32 Å². The Morgan fingerprint density at radius 1 is 1.15 bits per heavy atom. The molecule has 0 spiro atoms. The maximum absolute atomic E-state index is 3.99. The Labute approximate surface area is 120 Å². The number of anilines is 1. The fraction of sp³-hybridized carbons (Fsp3) is 0.471. The molecule has 1 saturated carbocycles. The van der Waals surface area contributed by atoms with Gasteiger partial charge in [-0.2, -0.15) is 5.10 Å². The highest BCUT2D eigenvalue weighted by Crippen LogP contribution is 2.37. The summed E-state index contributed by atoms with van der Waals surface area (Å²) in [6, 6.07) is 11.2. The molecular weight excluding hydrogens is 246 g/mol. The number of nitrogens with zero attached hydrogens (tertiary/aromatic N) is 1. The first-order valence-corrected chi connectivity index (χ1v) is 7.51. The second-order valence-electron chi connectivity index (χ2n) is 6.48. The van der Waals surface area contributed by atoms with Gasteiger partial charge in [0.2, 0.25) is 0 Å². The minimum atomic E-state index is 0.389. The average molecular weight is 269 g/mol. The molecule has 1 unspecified atom stereocenters. The smallest absolute Gasteiger partial charge is 0.0650 e. The average Bonchev–Trinajstić information content (AvgIpc) is 2.96. The molecule has 106 valence electrons. The summed E-state index contributed by atoms with van der Waals surface area (Å²) in [4.78, 5) is 0. The van der Waals surface area contributed by atoms with Crippen LogP contribution in [0.25, 0.3) is 11.3 Å². The molecule has 20 heavy (non-hydrogen) atoms. The van der Waals surface area contributed by atoms with Crippen LogP contribution < -0.4 is 5.32 Å². The van der Waals surface area contributed by atoms with Gasteiger partial charge in [0.25, 0.3) is 0 Å². The number of benzene rings is 1. The lowest BCUT2D eigenvalue weighted by molar-refractivity contribution is 0.217. The summed E-state index contributed by atoms with van der Waals surface area (Å²) >= 11 is 0. The van der Waals surface area contributed by atoms with Gasteiger partial charge in [0.1, 0.15) is 0 Å². The number of hydrogen-bond donors (Lipinski definition) is 2. The highest BCUT2D eigenvalue weighted by atomic mass is 15.1. The van der Waals surface area contributed by atoms with Crippen molar-refractivity contribution in [2.45, 2.75) is 45.6 Å². The Kier molecular flexibility index (Phi) is 3.51. The molecule has 1 fully saturated rings. The number of rotatable bonds is 3. The van der Waals surface area contributed by atoms with Crippen molar-refractivity contribution >= 4 is 5.69 Å². The summed E-state index contributed by atoms with van der Waals surface area (Å²) in [6.45, 7) is 4.76. The van der Waals surface area contributed by atoms with E-state index in [2.05, 4.69) is 53.6 Å². The van der Waals surface area contributed by atoms with E-state index in [0.29, 0.717) is 11.5 Å². The van der Waals surface area contributed by atoms with Gasteiger partial charge in [0.05, 0.1) is 5.69 Å². The van der Waals surface area contributed by atoms with Crippen LogP contribution in [0.1, 0.15) is 39.5 Å². The fourth-order valence-corrected chi connectivity index (χ4v) is 3.13. The lowest BCUT2D eigenvalue weighted by atomic mass is 9.73.